The molecule has 26 heavy (non-hydrogen) atoms. The minimum atomic E-state index is -0.266. The first-order chi connectivity index (χ1) is 12.0. The van der Waals surface area contributed by atoms with Crippen molar-refractivity contribution in [3.8, 4) is 0 Å². The topological polar surface area (TPSA) is 26.3 Å². The van der Waals surface area contributed by atoms with E-state index in [0.29, 0.717) is 0 Å². The molecule has 0 saturated heterocycles. The van der Waals surface area contributed by atoms with Crippen molar-refractivity contribution in [2.75, 3.05) is 0 Å². The molecule has 2 rings (SSSR count). The fourth-order valence-corrected chi connectivity index (χ4v) is 5.12. The molecule has 0 aromatic carbocycles. The second-order valence-corrected chi connectivity index (χ2v) is 11.4. The summed E-state index contributed by atoms with van der Waals surface area (Å²) in [6, 6.07) is 0. The van der Waals surface area contributed by atoms with Crippen molar-refractivity contribution in [3.63, 3.8) is 0 Å². The van der Waals surface area contributed by atoms with Crippen molar-refractivity contribution in [1.82, 2.24) is 0 Å². The minimum Gasteiger partial charge on any atom is -0.459 e. The number of hydrogen-bond donors (Lipinski definition) is 0. The van der Waals surface area contributed by atoms with Gasteiger partial charge in [-0.25, -0.2) is 0 Å². The zero-order chi connectivity index (χ0) is 19.5. The summed E-state index contributed by atoms with van der Waals surface area (Å²) in [5.74, 6) is 0.0898. The van der Waals surface area contributed by atoms with Gasteiger partial charge in [0.1, 0.15) is 5.60 Å². The zero-order valence-electron chi connectivity index (χ0n) is 18.5. The normalized spacial score (nSPS) is 29.9. The van der Waals surface area contributed by atoms with E-state index in [1.807, 2.05) is 0 Å². The first-order valence-electron chi connectivity index (χ1n) is 11.2. The predicted octanol–water partition coefficient (Wildman–Crippen LogP) is 7.45. The van der Waals surface area contributed by atoms with Crippen LogP contribution in [-0.4, -0.2) is 11.6 Å². The van der Waals surface area contributed by atoms with Gasteiger partial charge in [-0.05, 0) is 56.3 Å². The molecule has 0 spiro atoms. The lowest BCUT2D eigenvalue weighted by Gasteiger charge is -2.35. The molecular weight excluding hydrogens is 320 g/mol. The van der Waals surface area contributed by atoms with Crippen LogP contribution in [0.4, 0.5) is 0 Å². The van der Waals surface area contributed by atoms with Gasteiger partial charge in [-0.15, -0.1) is 0 Å². The Hall–Kier alpha value is -0.530. The van der Waals surface area contributed by atoms with E-state index in [-0.39, 0.29) is 27.8 Å². The number of rotatable bonds is 3. The fraction of sp³-hybridized carbons (Fsp3) is 0.958. The molecule has 2 aliphatic carbocycles. The van der Waals surface area contributed by atoms with E-state index in [1.54, 1.807) is 0 Å². The second kappa shape index (κ2) is 8.23. The summed E-state index contributed by atoms with van der Waals surface area (Å²) in [6.07, 6.45) is 15.8. The average molecular weight is 365 g/mol. The monoisotopic (exact) mass is 364 g/mol. The van der Waals surface area contributed by atoms with Crippen LogP contribution in [0, 0.1) is 16.2 Å². The van der Waals surface area contributed by atoms with Crippen molar-refractivity contribution < 1.29 is 9.53 Å². The zero-order valence-corrected chi connectivity index (χ0v) is 18.5. The lowest BCUT2D eigenvalue weighted by atomic mass is 9.78. The third-order valence-electron chi connectivity index (χ3n) is 6.89. The molecule has 2 nitrogen and oxygen atoms in total. The molecule has 0 radical (unpaired) electrons. The van der Waals surface area contributed by atoms with Crippen molar-refractivity contribution in [3.05, 3.63) is 0 Å². The minimum absolute atomic E-state index is 0.0824. The lowest BCUT2D eigenvalue weighted by molar-refractivity contribution is -0.170. The van der Waals surface area contributed by atoms with Gasteiger partial charge in [0.2, 0.25) is 0 Å². The Labute approximate surface area is 162 Å². The molecule has 1 unspecified atom stereocenters. The number of carbonyl (C=O) groups is 1. The maximum atomic E-state index is 13.3. The molecule has 2 saturated carbocycles. The van der Waals surface area contributed by atoms with Crippen LogP contribution < -0.4 is 0 Å². The highest BCUT2D eigenvalue weighted by molar-refractivity contribution is 5.82. The van der Waals surface area contributed by atoms with Gasteiger partial charge in [0.15, 0.2) is 0 Å². The lowest BCUT2D eigenvalue weighted by Crippen LogP contribution is -2.38. The molecular formula is C24H44O2. The van der Waals surface area contributed by atoms with E-state index in [9.17, 15) is 4.79 Å². The second-order valence-electron chi connectivity index (χ2n) is 11.4. The van der Waals surface area contributed by atoms with E-state index in [0.717, 1.165) is 25.7 Å². The first kappa shape index (κ1) is 21.8. The van der Waals surface area contributed by atoms with E-state index < -0.39 is 0 Å². The van der Waals surface area contributed by atoms with Crippen LogP contribution in [0.1, 0.15) is 125 Å². The summed E-state index contributed by atoms with van der Waals surface area (Å²) in [5, 5.41) is 0. The van der Waals surface area contributed by atoms with Gasteiger partial charge in [-0.2, -0.15) is 0 Å². The summed E-state index contributed by atoms with van der Waals surface area (Å²) in [6.45, 7) is 13.4. The summed E-state index contributed by atoms with van der Waals surface area (Å²) in [5.41, 5.74) is -0.295. The summed E-state index contributed by atoms with van der Waals surface area (Å²) >= 11 is 0. The first-order valence-corrected chi connectivity index (χ1v) is 11.2. The summed E-state index contributed by atoms with van der Waals surface area (Å²) < 4.78 is 6.35. The summed E-state index contributed by atoms with van der Waals surface area (Å²) in [7, 11) is 0. The third-order valence-corrected chi connectivity index (χ3v) is 6.89. The third kappa shape index (κ3) is 5.73. The van der Waals surface area contributed by atoms with Crippen LogP contribution in [0.5, 0.6) is 0 Å². The van der Waals surface area contributed by atoms with Gasteiger partial charge in [-0.3, -0.25) is 4.79 Å². The Morgan fingerprint density at radius 3 is 1.54 bits per heavy atom. The van der Waals surface area contributed by atoms with E-state index in [1.165, 1.54) is 57.8 Å². The standard InChI is InChI=1S/C24H44O2/c1-21(2,3)18-24(19-22(24,4)5)20(25)26-23(6)16-14-12-10-8-7-9-11-13-15-17-23/h7-19H2,1-6H3. The van der Waals surface area contributed by atoms with Crippen molar-refractivity contribution in [1.29, 1.82) is 0 Å². The molecule has 2 aliphatic rings. The molecule has 0 heterocycles. The van der Waals surface area contributed by atoms with Gasteiger partial charge >= 0.3 is 5.97 Å². The maximum absolute atomic E-state index is 13.3. The molecule has 0 aliphatic heterocycles. The molecule has 2 heteroatoms. The van der Waals surface area contributed by atoms with Crippen LogP contribution in [0.25, 0.3) is 0 Å². The Morgan fingerprint density at radius 1 is 0.808 bits per heavy atom. The van der Waals surface area contributed by atoms with Gasteiger partial charge in [0, 0.05) is 0 Å². The molecule has 0 aromatic heterocycles. The van der Waals surface area contributed by atoms with Crippen LogP contribution >= 0.6 is 0 Å². The van der Waals surface area contributed by atoms with E-state index in [4.69, 9.17) is 4.74 Å². The highest BCUT2D eigenvalue weighted by atomic mass is 16.6. The number of esters is 1. The van der Waals surface area contributed by atoms with E-state index in [2.05, 4.69) is 41.5 Å². The number of ether oxygens (including phenoxy) is 1. The van der Waals surface area contributed by atoms with Gasteiger partial charge in [0.05, 0.1) is 5.41 Å². The highest BCUT2D eigenvalue weighted by Gasteiger charge is 2.68. The van der Waals surface area contributed by atoms with Crippen LogP contribution in [0.2, 0.25) is 0 Å². The Balaban J connectivity index is 2.04. The maximum Gasteiger partial charge on any atom is 0.313 e. The van der Waals surface area contributed by atoms with Crippen molar-refractivity contribution in [2.24, 2.45) is 16.2 Å². The average Bonchev–Trinajstić information content (AvgIpc) is 3.03. The van der Waals surface area contributed by atoms with Crippen LogP contribution in [0.3, 0.4) is 0 Å². The molecule has 0 N–H and O–H groups in total. The van der Waals surface area contributed by atoms with Gasteiger partial charge in [-0.1, -0.05) is 79.6 Å². The quantitative estimate of drug-likeness (QED) is 0.486. The predicted molar refractivity (Wildman–Crippen MR) is 110 cm³/mol. The smallest absolute Gasteiger partial charge is 0.313 e. The molecule has 0 aromatic rings. The Bertz CT molecular complexity index is 459. The van der Waals surface area contributed by atoms with Gasteiger partial charge in [0.25, 0.3) is 0 Å². The number of carbonyl (C=O) groups excluding carboxylic acids is 1. The van der Waals surface area contributed by atoms with E-state index >= 15 is 0 Å². The highest BCUT2D eigenvalue weighted by Crippen LogP contribution is 2.68. The van der Waals surface area contributed by atoms with Crippen molar-refractivity contribution in [2.45, 2.75) is 131 Å². The Kier molecular flexibility index (Phi) is 6.89. The molecule has 0 bridgehead atoms. The van der Waals surface area contributed by atoms with Crippen LogP contribution in [0.15, 0.2) is 0 Å². The molecule has 1 atom stereocenters. The molecule has 2 fully saturated rings. The van der Waals surface area contributed by atoms with Gasteiger partial charge < -0.3 is 4.74 Å². The summed E-state index contributed by atoms with van der Waals surface area (Å²) in [4.78, 5) is 13.3. The van der Waals surface area contributed by atoms with Crippen LogP contribution in [-0.2, 0) is 9.53 Å². The van der Waals surface area contributed by atoms with Crippen molar-refractivity contribution >= 4 is 5.97 Å². The largest absolute Gasteiger partial charge is 0.459 e. The SMILES string of the molecule is CC(C)(C)CC1(C(=O)OC2(C)CCCCCCCCCCC2)CC1(C)C. The molecule has 152 valence electrons. The Morgan fingerprint density at radius 2 is 1.19 bits per heavy atom. The fourth-order valence-electron chi connectivity index (χ4n) is 5.12. The molecule has 0 amide bonds. The number of hydrogen-bond acceptors (Lipinski definition) is 2.